The molecule has 0 saturated carbocycles. The Labute approximate surface area is 146 Å². The molecule has 0 aliphatic carbocycles. The van der Waals surface area contributed by atoms with Crippen LogP contribution in [0.2, 0.25) is 0 Å². The molecule has 0 atom stereocenters. The van der Waals surface area contributed by atoms with Crippen LogP contribution in [0.4, 0.5) is 11.5 Å². The first kappa shape index (κ1) is 18.7. The van der Waals surface area contributed by atoms with E-state index in [2.05, 4.69) is 10.3 Å². The highest BCUT2D eigenvalue weighted by Gasteiger charge is 2.17. The summed E-state index contributed by atoms with van der Waals surface area (Å²) in [7, 11) is 2.91. The normalized spacial score (nSPS) is 10.4. The molecule has 0 saturated heterocycles. The number of ether oxygens (including phenoxy) is 4. The topological polar surface area (TPSA) is 78.9 Å². The fourth-order valence-corrected chi connectivity index (χ4v) is 2.04. The summed E-state index contributed by atoms with van der Waals surface area (Å²) in [5.74, 6) is 0.485. The van der Waals surface area contributed by atoms with E-state index in [1.165, 1.54) is 7.11 Å². The molecule has 2 rings (SSSR count). The van der Waals surface area contributed by atoms with Gasteiger partial charge in [-0.3, -0.25) is 0 Å². The highest BCUT2D eigenvalue weighted by atomic mass is 16.7. The van der Waals surface area contributed by atoms with E-state index in [1.807, 2.05) is 19.1 Å². The van der Waals surface area contributed by atoms with Gasteiger partial charge < -0.3 is 24.3 Å². The lowest BCUT2D eigenvalue weighted by molar-refractivity contribution is -0.00873. The van der Waals surface area contributed by atoms with Crippen LogP contribution in [-0.4, -0.2) is 45.2 Å². The fourth-order valence-electron chi connectivity index (χ4n) is 2.04. The lowest BCUT2D eigenvalue weighted by Gasteiger charge is -2.16. The van der Waals surface area contributed by atoms with Crippen molar-refractivity contribution in [2.75, 3.05) is 39.5 Å². The highest BCUT2D eigenvalue weighted by molar-refractivity contribution is 5.95. The van der Waals surface area contributed by atoms with Gasteiger partial charge in [-0.25, -0.2) is 9.78 Å². The molecule has 0 aliphatic heterocycles. The number of anilines is 2. The van der Waals surface area contributed by atoms with Crippen molar-refractivity contribution in [1.29, 1.82) is 0 Å². The van der Waals surface area contributed by atoms with Crippen molar-refractivity contribution in [2.45, 2.75) is 6.92 Å². The number of carbonyl (C=O) groups excluding carboxylic acids is 1. The van der Waals surface area contributed by atoms with Crippen LogP contribution in [0.5, 0.6) is 5.75 Å². The van der Waals surface area contributed by atoms with Gasteiger partial charge in [0.15, 0.2) is 12.5 Å². The van der Waals surface area contributed by atoms with Gasteiger partial charge in [0.05, 0.1) is 26.0 Å². The molecule has 0 amide bonds. The van der Waals surface area contributed by atoms with Crippen molar-refractivity contribution in [2.24, 2.45) is 0 Å². The predicted octanol–water partition coefficient (Wildman–Crippen LogP) is 2.92. The monoisotopic (exact) mass is 346 g/mol. The molecule has 0 spiro atoms. The van der Waals surface area contributed by atoms with Crippen molar-refractivity contribution >= 4 is 17.5 Å². The summed E-state index contributed by atoms with van der Waals surface area (Å²) in [5, 5.41) is 3.15. The zero-order chi connectivity index (χ0) is 18.1. The molecule has 25 heavy (non-hydrogen) atoms. The van der Waals surface area contributed by atoms with E-state index in [0.29, 0.717) is 36.0 Å². The Balaban J connectivity index is 2.21. The largest absolute Gasteiger partial charge is 0.465 e. The van der Waals surface area contributed by atoms with E-state index in [-0.39, 0.29) is 6.79 Å². The Morgan fingerprint density at radius 2 is 2.00 bits per heavy atom. The number of benzene rings is 1. The molecule has 0 fully saturated rings. The maximum atomic E-state index is 12.0. The number of hydrogen-bond donors (Lipinski definition) is 1. The average molecular weight is 346 g/mol. The zero-order valence-corrected chi connectivity index (χ0v) is 14.6. The van der Waals surface area contributed by atoms with Crippen LogP contribution >= 0.6 is 0 Å². The van der Waals surface area contributed by atoms with Crippen molar-refractivity contribution in [1.82, 2.24) is 4.98 Å². The smallest absolute Gasteiger partial charge is 0.341 e. The van der Waals surface area contributed by atoms with Gasteiger partial charge in [-0.05, 0) is 30.7 Å². The molecule has 134 valence electrons. The van der Waals surface area contributed by atoms with Crippen LogP contribution in [0.1, 0.15) is 15.9 Å². The highest BCUT2D eigenvalue weighted by Crippen LogP contribution is 2.31. The Hall–Kier alpha value is -2.64. The van der Waals surface area contributed by atoms with Gasteiger partial charge in [0.1, 0.15) is 11.4 Å². The molecule has 0 aliphatic rings. The van der Waals surface area contributed by atoms with Crippen LogP contribution in [0.25, 0.3) is 0 Å². The number of methoxy groups -OCH3 is 2. The molecule has 0 radical (unpaired) electrons. The average Bonchev–Trinajstić information content (AvgIpc) is 2.63. The number of aryl methyl sites for hydroxylation is 1. The maximum Gasteiger partial charge on any atom is 0.341 e. The van der Waals surface area contributed by atoms with E-state index in [0.717, 1.165) is 5.56 Å². The number of rotatable bonds is 9. The van der Waals surface area contributed by atoms with E-state index >= 15 is 0 Å². The number of hydrogen-bond acceptors (Lipinski definition) is 7. The first-order valence-corrected chi connectivity index (χ1v) is 7.76. The van der Waals surface area contributed by atoms with Gasteiger partial charge in [-0.2, -0.15) is 0 Å². The van der Waals surface area contributed by atoms with Crippen molar-refractivity contribution in [3.63, 3.8) is 0 Å². The first-order valence-electron chi connectivity index (χ1n) is 7.76. The lowest BCUT2D eigenvalue weighted by Crippen LogP contribution is -2.12. The SMILES string of the molecule is COCCOCOc1c(Nc2ccc(C)cn2)cccc1C(=O)OC. The number of esters is 1. The van der Waals surface area contributed by atoms with Crippen molar-refractivity contribution in [3.05, 3.63) is 47.7 Å². The third kappa shape index (κ3) is 5.44. The van der Waals surface area contributed by atoms with Gasteiger partial charge in [-0.15, -0.1) is 0 Å². The number of nitrogens with one attached hydrogen (secondary N) is 1. The quantitative estimate of drug-likeness (QED) is 0.425. The molecule has 1 N–H and O–H groups in total. The first-order chi connectivity index (χ1) is 12.2. The maximum absolute atomic E-state index is 12.0. The summed E-state index contributed by atoms with van der Waals surface area (Å²) < 4.78 is 20.7. The summed E-state index contributed by atoms with van der Waals surface area (Å²) in [6, 6.07) is 8.94. The standard InChI is InChI=1S/C18H22N2O5/c1-13-7-8-16(19-11-13)20-15-6-4-5-14(18(21)23-3)17(15)25-12-24-10-9-22-2/h4-8,11H,9-10,12H2,1-3H3,(H,19,20). The summed E-state index contributed by atoms with van der Waals surface area (Å²) in [5.41, 5.74) is 1.95. The number of para-hydroxylation sites is 1. The molecule has 1 aromatic heterocycles. The third-order valence-electron chi connectivity index (χ3n) is 3.31. The van der Waals surface area contributed by atoms with Crippen LogP contribution in [0, 0.1) is 6.92 Å². The van der Waals surface area contributed by atoms with Gasteiger partial charge >= 0.3 is 5.97 Å². The fraction of sp³-hybridized carbons (Fsp3) is 0.333. The lowest BCUT2D eigenvalue weighted by atomic mass is 10.1. The molecule has 0 bridgehead atoms. The number of carbonyl (C=O) groups is 1. The molecular formula is C18H22N2O5. The Bertz CT molecular complexity index is 688. The zero-order valence-electron chi connectivity index (χ0n) is 14.6. The second-order valence-corrected chi connectivity index (χ2v) is 5.18. The second kappa shape index (κ2) is 9.61. The van der Waals surface area contributed by atoms with Gasteiger partial charge in [0.25, 0.3) is 0 Å². The predicted molar refractivity (Wildman–Crippen MR) is 93.4 cm³/mol. The summed E-state index contributed by atoms with van der Waals surface area (Å²) >= 11 is 0. The van der Waals surface area contributed by atoms with Gasteiger partial charge in [-0.1, -0.05) is 12.1 Å². The molecule has 7 nitrogen and oxygen atoms in total. The Morgan fingerprint density at radius 3 is 2.68 bits per heavy atom. The molecule has 1 aromatic carbocycles. The Morgan fingerprint density at radius 1 is 1.16 bits per heavy atom. The molecule has 2 aromatic rings. The van der Waals surface area contributed by atoms with E-state index in [4.69, 9.17) is 18.9 Å². The minimum Gasteiger partial charge on any atom is -0.465 e. The summed E-state index contributed by atoms with van der Waals surface area (Å²) in [6.45, 7) is 2.79. The molecule has 1 heterocycles. The molecule has 7 heteroatoms. The Kier molecular flexibility index (Phi) is 7.18. The summed E-state index contributed by atoms with van der Waals surface area (Å²) in [4.78, 5) is 16.3. The number of pyridine rings is 1. The second-order valence-electron chi connectivity index (χ2n) is 5.18. The van der Waals surface area contributed by atoms with Crippen molar-refractivity contribution in [3.8, 4) is 5.75 Å². The van der Waals surface area contributed by atoms with Crippen LogP contribution in [-0.2, 0) is 14.2 Å². The minimum absolute atomic E-state index is 0.0205. The van der Waals surface area contributed by atoms with Crippen LogP contribution < -0.4 is 10.1 Å². The van der Waals surface area contributed by atoms with Crippen LogP contribution in [0.15, 0.2) is 36.5 Å². The van der Waals surface area contributed by atoms with Crippen LogP contribution in [0.3, 0.4) is 0 Å². The number of nitrogens with zero attached hydrogens (tertiary/aromatic N) is 1. The van der Waals surface area contributed by atoms with Crippen molar-refractivity contribution < 1.29 is 23.7 Å². The van der Waals surface area contributed by atoms with E-state index in [1.54, 1.807) is 31.5 Å². The van der Waals surface area contributed by atoms with Gasteiger partial charge in [0.2, 0.25) is 0 Å². The van der Waals surface area contributed by atoms with Gasteiger partial charge in [0, 0.05) is 13.3 Å². The van der Waals surface area contributed by atoms with E-state index in [9.17, 15) is 4.79 Å². The number of aromatic nitrogens is 1. The third-order valence-corrected chi connectivity index (χ3v) is 3.31. The van der Waals surface area contributed by atoms with E-state index < -0.39 is 5.97 Å². The molecular weight excluding hydrogens is 324 g/mol. The molecule has 0 unspecified atom stereocenters. The summed E-state index contributed by atoms with van der Waals surface area (Å²) in [6.07, 6.45) is 1.75. The minimum atomic E-state index is -0.493.